The van der Waals surface area contributed by atoms with E-state index < -0.39 is 4.92 Å². The number of carbonyl (C=O) groups is 1. The summed E-state index contributed by atoms with van der Waals surface area (Å²) in [6, 6.07) is 3.06. The largest absolute Gasteiger partial charge is 0.416 e. The molecule has 1 amide bonds. The number of nitrogens with zero attached hydrogens (tertiary/aromatic N) is 3. The van der Waals surface area contributed by atoms with Gasteiger partial charge in [-0.15, -0.1) is 10.2 Å². The van der Waals surface area contributed by atoms with Crippen molar-refractivity contribution >= 4 is 29.0 Å². The lowest BCUT2D eigenvalue weighted by Crippen LogP contribution is -2.16. The minimum atomic E-state index is -0.505. The number of anilines is 1. The smallest absolute Gasteiger partial charge is 0.293 e. The van der Waals surface area contributed by atoms with Gasteiger partial charge in [0.15, 0.2) is 0 Å². The second kappa shape index (κ2) is 6.60. The highest BCUT2D eigenvalue weighted by molar-refractivity contribution is 7.99. The van der Waals surface area contributed by atoms with Crippen molar-refractivity contribution in [3.8, 4) is 0 Å². The van der Waals surface area contributed by atoms with Crippen molar-refractivity contribution in [3.05, 3.63) is 39.3 Å². The van der Waals surface area contributed by atoms with Crippen molar-refractivity contribution in [2.75, 3.05) is 11.1 Å². The molecule has 1 aromatic heterocycles. The first-order valence-corrected chi connectivity index (χ1v) is 8.45. The number of hydrogen-bond acceptors (Lipinski definition) is 7. The third-order valence-corrected chi connectivity index (χ3v) is 4.67. The molecule has 1 saturated carbocycles. The Morgan fingerprint density at radius 2 is 2.17 bits per heavy atom. The predicted molar refractivity (Wildman–Crippen MR) is 88.2 cm³/mol. The zero-order valence-electron chi connectivity index (χ0n) is 13.2. The van der Waals surface area contributed by atoms with Crippen LogP contribution < -0.4 is 5.32 Å². The molecule has 1 N–H and O–H groups in total. The Balaban J connectivity index is 1.65. The molecular formula is C15H16N4O4S. The fourth-order valence-electron chi connectivity index (χ4n) is 2.19. The van der Waals surface area contributed by atoms with Gasteiger partial charge in [0.25, 0.3) is 10.9 Å². The second-order valence-electron chi connectivity index (χ2n) is 5.68. The normalized spacial score (nSPS) is 13.8. The topological polar surface area (TPSA) is 111 Å². The summed E-state index contributed by atoms with van der Waals surface area (Å²) in [6.07, 6.45) is 2.12. The Kier molecular flexibility index (Phi) is 4.52. The SMILES string of the molecule is Cc1ccc([N+](=O)[O-])c(NC(=O)CSc2nnc(C3CC3)o2)c1C. The fraction of sp³-hybridized carbons (Fsp3) is 0.400. The Hall–Kier alpha value is -2.42. The molecule has 0 aliphatic heterocycles. The zero-order valence-corrected chi connectivity index (χ0v) is 14.1. The number of carbonyl (C=O) groups excluding carboxylic acids is 1. The summed E-state index contributed by atoms with van der Waals surface area (Å²) < 4.78 is 5.47. The van der Waals surface area contributed by atoms with Crippen LogP contribution in [-0.4, -0.2) is 26.8 Å². The van der Waals surface area contributed by atoms with Gasteiger partial charge in [-0.3, -0.25) is 14.9 Å². The average Bonchev–Trinajstić information content (AvgIpc) is 3.28. The summed E-state index contributed by atoms with van der Waals surface area (Å²) in [6.45, 7) is 3.58. The maximum absolute atomic E-state index is 12.1. The van der Waals surface area contributed by atoms with E-state index in [-0.39, 0.29) is 23.0 Å². The molecule has 0 atom stereocenters. The van der Waals surface area contributed by atoms with Gasteiger partial charge in [-0.25, -0.2) is 0 Å². The van der Waals surface area contributed by atoms with Gasteiger partial charge >= 0.3 is 0 Å². The molecule has 0 spiro atoms. The number of benzene rings is 1. The molecule has 1 fully saturated rings. The maximum Gasteiger partial charge on any atom is 0.293 e. The lowest BCUT2D eigenvalue weighted by atomic mass is 10.1. The van der Waals surface area contributed by atoms with Crippen LogP contribution in [0.5, 0.6) is 0 Å². The molecule has 1 heterocycles. The lowest BCUT2D eigenvalue weighted by Gasteiger charge is -2.10. The average molecular weight is 348 g/mol. The van der Waals surface area contributed by atoms with E-state index in [0.29, 0.717) is 22.6 Å². The quantitative estimate of drug-likeness (QED) is 0.484. The molecular weight excluding hydrogens is 332 g/mol. The molecule has 1 aromatic carbocycles. The molecule has 126 valence electrons. The van der Waals surface area contributed by atoms with Crippen molar-refractivity contribution in [3.63, 3.8) is 0 Å². The van der Waals surface area contributed by atoms with Crippen LogP contribution in [0.2, 0.25) is 0 Å². The first kappa shape index (κ1) is 16.4. The summed E-state index contributed by atoms with van der Waals surface area (Å²) in [5, 5.41) is 21.9. The van der Waals surface area contributed by atoms with E-state index in [0.717, 1.165) is 30.2 Å². The molecule has 8 nitrogen and oxygen atoms in total. The van der Waals surface area contributed by atoms with Crippen molar-refractivity contribution < 1.29 is 14.1 Å². The van der Waals surface area contributed by atoms with Crippen LogP contribution >= 0.6 is 11.8 Å². The minimum absolute atomic E-state index is 0.0385. The van der Waals surface area contributed by atoms with E-state index in [9.17, 15) is 14.9 Å². The Bertz CT molecular complexity index is 801. The van der Waals surface area contributed by atoms with Crippen LogP contribution in [0.25, 0.3) is 0 Å². The van der Waals surface area contributed by atoms with Crippen LogP contribution in [0.15, 0.2) is 21.8 Å². The number of aryl methyl sites for hydroxylation is 1. The fourth-order valence-corrected chi connectivity index (χ4v) is 2.76. The third-order valence-electron chi connectivity index (χ3n) is 3.85. The number of nitrogens with one attached hydrogen (secondary N) is 1. The number of aromatic nitrogens is 2. The van der Waals surface area contributed by atoms with Gasteiger partial charge in [0.2, 0.25) is 11.8 Å². The highest BCUT2D eigenvalue weighted by atomic mass is 32.2. The highest BCUT2D eigenvalue weighted by Crippen LogP contribution is 2.39. The molecule has 3 rings (SSSR count). The Labute approximate surface area is 142 Å². The Morgan fingerprint density at radius 3 is 2.83 bits per heavy atom. The van der Waals surface area contributed by atoms with Crippen molar-refractivity contribution in [2.24, 2.45) is 0 Å². The summed E-state index contributed by atoms with van der Waals surface area (Å²) in [5.74, 6) is 0.654. The number of rotatable bonds is 6. The van der Waals surface area contributed by atoms with Gasteiger partial charge in [-0.05, 0) is 37.8 Å². The molecule has 0 unspecified atom stereocenters. The molecule has 9 heteroatoms. The molecule has 0 saturated heterocycles. The van der Waals surface area contributed by atoms with Gasteiger partial charge in [-0.2, -0.15) is 0 Å². The summed E-state index contributed by atoms with van der Waals surface area (Å²) >= 11 is 1.12. The number of hydrogen-bond donors (Lipinski definition) is 1. The summed E-state index contributed by atoms with van der Waals surface area (Å²) in [7, 11) is 0. The minimum Gasteiger partial charge on any atom is -0.416 e. The van der Waals surface area contributed by atoms with Gasteiger partial charge in [0.1, 0.15) is 5.69 Å². The van der Waals surface area contributed by atoms with Crippen LogP contribution in [0.4, 0.5) is 11.4 Å². The number of amides is 1. The van der Waals surface area contributed by atoms with Gasteiger partial charge in [0.05, 0.1) is 10.7 Å². The molecule has 0 bridgehead atoms. The van der Waals surface area contributed by atoms with E-state index in [1.807, 2.05) is 6.92 Å². The number of nitro groups is 1. The first-order valence-electron chi connectivity index (χ1n) is 7.46. The van der Waals surface area contributed by atoms with E-state index in [2.05, 4.69) is 15.5 Å². The van der Waals surface area contributed by atoms with Crippen LogP contribution in [0.1, 0.15) is 35.8 Å². The number of thioether (sulfide) groups is 1. The summed E-state index contributed by atoms with van der Waals surface area (Å²) in [5.41, 5.74) is 1.66. The first-order chi connectivity index (χ1) is 11.5. The van der Waals surface area contributed by atoms with Gasteiger partial charge < -0.3 is 9.73 Å². The van der Waals surface area contributed by atoms with E-state index in [1.165, 1.54) is 6.07 Å². The van der Waals surface area contributed by atoms with E-state index >= 15 is 0 Å². The number of nitro benzene ring substituents is 1. The highest BCUT2D eigenvalue weighted by Gasteiger charge is 2.29. The van der Waals surface area contributed by atoms with Crippen molar-refractivity contribution in [2.45, 2.75) is 37.8 Å². The molecule has 1 aliphatic rings. The lowest BCUT2D eigenvalue weighted by molar-refractivity contribution is -0.384. The maximum atomic E-state index is 12.1. The molecule has 2 aromatic rings. The molecule has 0 radical (unpaired) electrons. The second-order valence-corrected chi connectivity index (χ2v) is 6.60. The predicted octanol–water partition coefficient (Wildman–Crippen LogP) is 3.20. The molecule has 24 heavy (non-hydrogen) atoms. The van der Waals surface area contributed by atoms with Gasteiger partial charge in [0, 0.05) is 12.0 Å². The van der Waals surface area contributed by atoms with Crippen molar-refractivity contribution in [1.29, 1.82) is 0 Å². The van der Waals surface area contributed by atoms with E-state index in [4.69, 9.17) is 4.42 Å². The Morgan fingerprint density at radius 1 is 1.42 bits per heavy atom. The van der Waals surface area contributed by atoms with Gasteiger partial charge in [-0.1, -0.05) is 17.8 Å². The zero-order chi connectivity index (χ0) is 17.3. The van der Waals surface area contributed by atoms with Crippen LogP contribution in [0.3, 0.4) is 0 Å². The standard InChI is InChI=1S/C15H16N4O4S/c1-8-3-6-11(19(21)22)13(9(8)2)16-12(20)7-24-15-18-17-14(23-15)10-4-5-10/h3,6,10H,4-5,7H2,1-2H3,(H,16,20). The summed E-state index contributed by atoms with van der Waals surface area (Å²) in [4.78, 5) is 22.8. The van der Waals surface area contributed by atoms with E-state index in [1.54, 1.807) is 13.0 Å². The monoisotopic (exact) mass is 348 g/mol. The van der Waals surface area contributed by atoms with Crippen molar-refractivity contribution in [1.82, 2.24) is 10.2 Å². The van der Waals surface area contributed by atoms with Crippen LogP contribution in [0, 0.1) is 24.0 Å². The van der Waals surface area contributed by atoms with Crippen LogP contribution in [-0.2, 0) is 4.79 Å². The molecule has 1 aliphatic carbocycles. The third kappa shape index (κ3) is 3.56.